The average Bonchev–Trinajstić information content (AvgIpc) is 2.57. The third kappa shape index (κ3) is 2.95. The van der Waals surface area contributed by atoms with Gasteiger partial charge in [-0.25, -0.2) is 4.79 Å². The van der Waals surface area contributed by atoms with E-state index < -0.39 is 17.3 Å². The molecule has 1 amide bonds. The summed E-state index contributed by atoms with van der Waals surface area (Å²) in [5.74, 6) is -0.295. The number of carbonyl (C=O) groups is 2. The van der Waals surface area contributed by atoms with Crippen molar-refractivity contribution in [2.24, 2.45) is 0 Å². The molecule has 112 valence electrons. The minimum Gasteiger partial charge on any atom is -0.462 e. The van der Waals surface area contributed by atoms with E-state index >= 15 is 0 Å². The molecule has 0 aromatic carbocycles. The zero-order chi connectivity index (χ0) is 15.0. The number of amides is 1. The lowest BCUT2D eigenvalue weighted by Gasteiger charge is -2.43. The molecule has 2 aliphatic heterocycles. The monoisotopic (exact) mass is 283 g/mol. The highest BCUT2D eigenvalue weighted by molar-refractivity contribution is 5.67. The third-order valence-electron chi connectivity index (χ3n) is 3.71. The maximum atomic E-state index is 11.5. The van der Waals surface area contributed by atoms with Gasteiger partial charge >= 0.3 is 12.1 Å². The molecule has 0 radical (unpaired) electrons. The molecule has 0 spiro atoms. The molecule has 6 nitrogen and oxygen atoms in total. The van der Waals surface area contributed by atoms with Crippen molar-refractivity contribution in [2.75, 3.05) is 20.7 Å². The van der Waals surface area contributed by atoms with Gasteiger partial charge in [-0.15, -0.1) is 0 Å². The first-order valence-corrected chi connectivity index (χ1v) is 6.64. The summed E-state index contributed by atoms with van der Waals surface area (Å²) in [6, 6.07) is 0. The van der Waals surface area contributed by atoms with Crippen LogP contribution in [-0.4, -0.2) is 55.0 Å². The van der Waals surface area contributed by atoms with E-state index in [-0.39, 0.29) is 12.1 Å². The first kappa shape index (κ1) is 14.8. The highest BCUT2D eigenvalue weighted by Crippen LogP contribution is 2.44. The summed E-state index contributed by atoms with van der Waals surface area (Å²) in [5, 5.41) is 0. The van der Waals surface area contributed by atoms with Gasteiger partial charge in [0.2, 0.25) is 0 Å². The van der Waals surface area contributed by atoms with Crippen LogP contribution in [0.2, 0.25) is 0 Å². The van der Waals surface area contributed by atoms with Crippen LogP contribution in [0.15, 0.2) is 12.2 Å². The van der Waals surface area contributed by atoms with Crippen LogP contribution in [0.1, 0.15) is 26.7 Å². The summed E-state index contributed by atoms with van der Waals surface area (Å²) >= 11 is 0. The molecule has 6 heteroatoms. The molecule has 3 atom stereocenters. The van der Waals surface area contributed by atoms with Gasteiger partial charge in [0.15, 0.2) is 0 Å². The van der Waals surface area contributed by atoms with Crippen LogP contribution < -0.4 is 0 Å². The molecule has 0 unspecified atom stereocenters. The molecule has 2 aliphatic rings. The fourth-order valence-corrected chi connectivity index (χ4v) is 3.08. The van der Waals surface area contributed by atoms with Crippen molar-refractivity contribution in [2.45, 2.75) is 44.0 Å². The zero-order valence-corrected chi connectivity index (χ0v) is 12.3. The average molecular weight is 283 g/mol. The largest absolute Gasteiger partial charge is 0.462 e. The van der Waals surface area contributed by atoms with Gasteiger partial charge in [-0.3, -0.25) is 4.79 Å². The molecule has 0 N–H and O–H groups in total. The number of fused-ring (bicyclic) bond motifs is 2. The number of esters is 1. The fourth-order valence-electron chi connectivity index (χ4n) is 3.08. The Morgan fingerprint density at radius 2 is 2.10 bits per heavy atom. The molecule has 20 heavy (non-hydrogen) atoms. The summed E-state index contributed by atoms with van der Waals surface area (Å²) in [6.07, 6.45) is 4.51. The maximum absolute atomic E-state index is 11.5. The first-order chi connectivity index (χ1) is 9.27. The van der Waals surface area contributed by atoms with E-state index in [4.69, 9.17) is 14.2 Å². The SMILES string of the molecule is COC(=O)N(C)C[C@@]12C=C[C@](C)(C[C@H](OC(C)=O)C1)O2. The van der Waals surface area contributed by atoms with E-state index in [0.29, 0.717) is 19.4 Å². The van der Waals surface area contributed by atoms with Crippen LogP contribution in [0.3, 0.4) is 0 Å². The van der Waals surface area contributed by atoms with E-state index in [2.05, 4.69) is 0 Å². The Kier molecular flexibility index (Phi) is 3.77. The van der Waals surface area contributed by atoms with Gasteiger partial charge in [0.1, 0.15) is 11.7 Å². The van der Waals surface area contributed by atoms with E-state index in [1.807, 2.05) is 19.1 Å². The number of ether oxygens (including phenoxy) is 3. The summed E-state index contributed by atoms with van der Waals surface area (Å²) in [4.78, 5) is 24.2. The van der Waals surface area contributed by atoms with Crippen molar-refractivity contribution < 1.29 is 23.8 Å². The minimum atomic E-state index is -0.615. The fraction of sp³-hybridized carbons (Fsp3) is 0.714. The van der Waals surface area contributed by atoms with Gasteiger partial charge in [0, 0.05) is 26.8 Å². The van der Waals surface area contributed by atoms with Crippen LogP contribution in [-0.2, 0) is 19.0 Å². The van der Waals surface area contributed by atoms with E-state index in [1.54, 1.807) is 7.05 Å². The Hall–Kier alpha value is -1.56. The predicted octanol–water partition coefficient (Wildman–Crippen LogP) is 1.49. The van der Waals surface area contributed by atoms with Gasteiger partial charge in [-0.05, 0) is 6.92 Å². The molecular formula is C14H21NO5. The lowest BCUT2D eigenvalue weighted by atomic mass is 9.89. The van der Waals surface area contributed by atoms with Crippen molar-refractivity contribution in [1.29, 1.82) is 0 Å². The number of nitrogens with zero attached hydrogens (tertiary/aromatic N) is 1. The number of hydrogen-bond donors (Lipinski definition) is 0. The number of carbonyl (C=O) groups excluding carboxylic acids is 2. The van der Waals surface area contributed by atoms with Crippen LogP contribution in [0.5, 0.6) is 0 Å². The number of hydrogen-bond acceptors (Lipinski definition) is 5. The van der Waals surface area contributed by atoms with Crippen molar-refractivity contribution in [3.8, 4) is 0 Å². The van der Waals surface area contributed by atoms with Crippen LogP contribution in [0, 0.1) is 0 Å². The Bertz CT molecular complexity index is 449. The van der Waals surface area contributed by atoms with Gasteiger partial charge in [-0.1, -0.05) is 12.2 Å². The molecule has 1 saturated heterocycles. The maximum Gasteiger partial charge on any atom is 0.409 e. The minimum absolute atomic E-state index is 0.202. The Labute approximate surface area is 118 Å². The van der Waals surface area contributed by atoms with E-state index in [1.165, 1.54) is 18.9 Å². The lowest BCUT2D eigenvalue weighted by Crippen LogP contribution is -2.52. The summed E-state index contributed by atoms with van der Waals surface area (Å²) in [5.41, 5.74) is -1.06. The molecule has 2 rings (SSSR count). The zero-order valence-electron chi connectivity index (χ0n) is 12.3. The highest BCUT2D eigenvalue weighted by atomic mass is 16.6. The second-order valence-electron chi connectivity index (χ2n) is 5.78. The highest BCUT2D eigenvalue weighted by Gasteiger charge is 2.51. The molecule has 0 saturated carbocycles. The quantitative estimate of drug-likeness (QED) is 0.580. The van der Waals surface area contributed by atoms with E-state index in [9.17, 15) is 9.59 Å². The Morgan fingerprint density at radius 1 is 1.40 bits per heavy atom. The second-order valence-corrected chi connectivity index (χ2v) is 5.78. The van der Waals surface area contributed by atoms with Crippen LogP contribution in [0.4, 0.5) is 4.79 Å². The molecule has 0 aliphatic carbocycles. The predicted molar refractivity (Wildman–Crippen MR) is 71.2 cm³/mol. The third-order valence-corrected chi connectivity index (χ3v) is 3.71. The van der Waals surface area contributed by atoms with E-state index in [0.717, 1.165) is 0 Å². The van der Waals surface area contributed by atoms with Crippen molar-refractivity contribution in [3.63, 3.8) is 0 Å². The van der Waals surface area contributed by atoms with Crippen LogP contribution in [0.25, 0.3) is 0 Å². The topological polar surface area (TPSA) is 65.1 Å². The summed E-state index contributed by atoms with van der Waals surface area (Å²) in [6.45, 7) is 3.73. The summed E-state index contributed by atoms with van der Waals surface area (Å²) < 4.78 is 16.1. The number of likely N-dealkylation sites (N-methyl/N-ethyl adjacent to an activating group) is 1. The number of rotatable bonds is 3. The van der Waals surface area contributed by atoms with Crippen LogP contribution >= 0.6 is 0 Å². The Morgan fingerprint density at radius 3 is 2.70 bits per heavy atom. The first-order valence-electron chi connectivity index (χ1n) is 6.64. The molecule has 0 aromatic heterocycles. The molecule has 0 aromatic rings. The standard InChI is InChI=1S/C14H21NO5/c1-10(16)19-11-7-13(2)5-6-14(8-11,20-13)9-15(3)12(17)18-4/h5-6,11H,7-9H2,1-4H3/t11-,13+,14+/m0/s1. The molecular weight excluding hydrogens is 262 g/mol. The Balaban J connectivity index is 2.11. The smallest absolute Gasteiger partial charge is 0.409 e. The number of methoxy groups -OCH3 is 1. The molecule has 1 fully saturated rings. The van der Waals surface area contributed by atoms with Gasteiger partial charge in [0.25, 0.3) is 0 Å². The normalized spacial score (nSPS) is 34.7. The lowest BCUT2D eigenvalue weighted by molar-refractivity contribution is -0.179. The summed E-state index contributed by atoms with van der Waals surface area (Å²) in [7, 11) is 3.00. The van der Waals surface area contributed by atoms with Crippen molar-refractivity contribution >= 4 is 12.1 Å². The second kappa shape index (κ2) is 5.09. The molecule has 2 heterocycles. The van der Waals surface area contributed by atoms with Gasteiger partial charge < -0.3 is 19.1 Å². The van der Waals surface area contributed by atoms with Gasteiger partial charge in [-0.2, -0.15) is 0 Å². The van der Waals surface area contributed by atoms with Crippen molar-refractivity contribution in [3.05, 3.63) is 12.2 Å². The van der Waals surface area contributed by atoms with Crippen molar-refractivity contribution in [1.82, 2.24) is 4.90 Å². The van der Waals surface area contributed by atoms with Gasteiger partial charge in [0.05, 0.1) is 19.3 Å². The molecule has 2 bridgehead atoms.